The van der Waals surface area contributed by atoms with E-state index in [-0.39, 0.29) is 5.91 Å². The summed E-state index contributed by atoms with van der Waals surface area (Å²) >= 11 is 1.70. The van der Waals surface area contributed by atoms with E-state index in [0.29, 0.717) is 26.3 Å². The van der Waals surface area contributed by atoms with Gasteiger partial charge in [-0.25, -0.2) is 4.98 Å². The van der Waals surface area contributed by atoms with Gasteiger partial charge in [-0.05, 0) is 37.0 Å². The summed E-state index contributed by atoms with van der Waals surface area (Å²) in [6, 6.07) is 5.92. The van der Waals surface area contributed by atoms with E-state index in [9.17, 15) is 4.79 Å². The lowest BCUT2D eigenvalue weighted by Gasteiger charge is -2.37. The summed E-state index contributed by atoms with van der Waals surface area (Å²) in [6.07, 6.45) is 3.95. The normalized spacial score (nSPS) is 23.0. The van der Waals surface area contributed by atoms with Crippen LogP contribution in [0, 0.1) is 5.92 Å². The molecule has 3 aliphatic rings. The molecule has 3 aliphatic heterocycles. The molecule has 0 atom stereocenters. The summed E-state index contributed by atoms with van der Waals surface area (Å²) in [4.78, 5) is 22.1. The number of hydrogen-bond donors (Lipinski definition) is 0. The largest absolute Gasteiger partial charge is 0.348 e. The lowest BCUT2D eigenvalue weighted by molar-refractivity contribution is -0.181. The number of rotatable bonds is 2. The van der Waals surface area contributed by atoms with Crippen LogP contribution < -0.4 is 4.90 Å². The molecule has 3 fully saturated rings. The van der Waals surface area contributed by atoms with Gasteiger partial charge in [-0.3, -0.25) is 4.79 Å². The van der Waals surface area contributed by atoms with E-state index in [2.05, 4.69) is 11.8 Å². The van der Waals surface area contributed by atoms with Crippen molar-refractivity contribution in [2.24, 2.45) is 5.92 Å². The number of carbonyl (C=O) groups excluding carboxylic acids is 1. The van der Waals surface area contributed by atoms with Crippen LogP contribution in [0.3, 0.4) is 0 Å². The molecule has 0 radical (unpaired) electrons. The van der Waals surface area contributed by atoms with Crippen LogP contribution in [0.2, 0.25) is 0 Å². The minimum Gasteiger partial charge on any atom is -0.348 e. The molecule has 1 amide bonds. The molecule has 7 heteroatoms. The summed E-state index contributed by atoms with van der Waals surface area (Å²) in [6.45, 7) is 7.15. The maximum atomic E-state index is 13.0. The predicted octanol–water partition coefficient (Wildman–Crippen LogP) is 3.51. The first-order valence-corrected chi connectivity index (χ1v) is 11.2. The first kappa shape index (κ1) is 18.3. The number of benzene rings is 1. The Morgan fingerprint density at radius 3 is 2.57 bits per heavy atom. The van der Waals surface area contributed by atoms with Crippen molar-refractivity contribution in [2.75, 3.05) is 44.3 Å². The van der Waals surface area contributed by atoms with Crippen molar-refractivity contribution in [2.45, 2.75) is 38.4 Å². The number of fused-ring (bicyclic) bond motifs is 1. The Bertz CT molecular complexity index is 859. The van der Waals surface area contributed by atoms with Gasteiger partial charge >= 0.3 is 0 Å². The number of amides is 1. The number of piperidine rings is 2. The Morgan fingerprint density at radius 1 is 1.14 bits per heavy atom. The van der Waals surface area contributed by atoms with Crippen LogP contribution >= 0.6 is 11.3 Å². The van der Waals surface area contributed by atoms with Gasteiger partial charge in [0.2, 0.25) is 0 Å². The Hall–Kier alpha value is -1.70. The van der Waals surface area contributed by atoms with Crippen LogP contribution in [-0.4, -0.2) is 61.0 Å². The van der Waals surface area contributed by atoms with Gasteiger partial charge in [0.25, 0.3) is 5.91 Å². The van der Waals surface area contributed by atoms with Gasteiger partial charge in [0.15, 0.2) is 10.9 Å². The van der Waals surface area contributed by atoms with Crippen molar-refractivity contribution < 1.29 is 14.3 Å². The molecule has 3 saturated heterocycles. The summed E-state index contributed by atoms with van der Waals surface area (Å²) in [5.41, 5.74) is 1.74. The lowest BCUT2D eigenvalue weighted by Crippen LogP contribution is -2.47. The zero-order valence-electron chi connectivity index (χ0n) is 16.4. The number of ether oxygens (including phenoxy) is 2. The minimum atomic E-state index is -0.445. The standard InChI is InChI=1S/C21H27N3O3S/c1-15-4-8-24(9-5-15)20-22-17-3-2-16(14-18(17)28-20)19(25)23-10-6-21(7-11-23)26-12-13-27-21/h2-3,14-15H,4-13H2,1H3. The van der Waals surface area contributed by atoms with E-state index in [1.54, 1.807) is 11.3 Å². The second-order valence-electron chi connectivity index (χ2n) is 8.25. The average molecular weight is 402 g/mol. The van der Waals surface area contributed by atoms with Crippen molar-refractivity contribution in [3.8, 4) is 0 Å². The highest BCUT2D eigenvalue weighted by molar-refractivity contribution is 7.22. The summed E-state index contributed by atoms with van der Waals surface area (Å²) in [5.74, 6) is 0.453. The molecule has 0 aliphatic carbocycles. The van der Waals surface area contributed by atoms with Gasteiger partial charge in [0.1, 0.15) is 0 Å². The van der Waals surface area contributed by atoms with Crippen molar-refractivity contribution in [1.82, 2.24) is 9.88 Å². The number of aromatic nitrogens is 1. The molecule has 2 aromatic rings. The summed E-state index contributed by atoms with van der Waals surface area (Å²) in [5, 5.41) is 1.09. The van der Waals surface area contributed by atoms with Gasteiger partial charge in [0.05, 0.1) is 23.4 Å². The molecule has 0 bridgehead atoms. The first-order valence-electron chi connectivity index (χ1n) is 10.3. The van der Waals surface area contributed by atoms with E-state index in [1.165, 1.54) is 12.8 Å². The fourth-order valence-electron chi connectivity index (χ4n) is 4.40. The third-order valence-electron chi connectivity index (χ3n) is 6.30. The van der Waals surface area contributed by atoms with Crippen molar-refractivity contribution in [3.05, 3.63) is 23.8 Å². The van der Waals surface area contributed by atoms with Crippen LogP contribution in [0.4, 0.5) is 5.13 Å². The van der Waals surface area contributed by atoms with Crippen LogP contribution in [0.15, 0.2) is 18.2 Å². The fourth-order valence-corrected chi connectivity index (χ4v) is 5.46. The molecule has 0 unspecified atom stereocenters. The maximum Gasteiger partial charge on any atom is 0.253 e. The highest BCUT2D eigenvalue weighted by atomic mass is 32.1. The number of carbonyl (C=O) groups is 1. The van der Waals surface area contributed by atoms with Crippen LogP contribution in [0.1, 0.15) is 43.0 Å². The van der Waals surface area contributed by atoms with Crippen molar-refractivity contribution in [3.63, 3.8) is 0 Å². The molecule has 1 aromatic carbocycles. The molecule has 6 nitrogen and oxygen atoms in total. The Morgan fingerprint density at radius 2 is 1.86 bits per heavy atom. The van der Waals surface area contributed by atoms with E-state index in [4.69, 9.17) is 14.5 Å². The molecular weight excluding hydrogens is 374 g/mol. The van der Waals surface area contributed by atoms with Gasteiger partial charge in [0, 0.05) is 44.6 Å². The molecule has 150 valence electrons. The van der Waals surface area contributed by atoms with E-state index in [0.717, 1.165) is 52.8 Å². The Balaban J connectivity index is 1.30. The molecule has 0 N–H and O–H groups in total. The Kier molecular flexibility index (Phi) is 4.77. The number of hydrogen-bond acceptors (Lipinski definition) is 6. The molecule has 0 saturated carbocycles. The summed E-state index contributed by atoms with van der Waals surface area (Å²) < 4.78 is 12.6. The zero-order valence-corrected chi connectivity index (χ0v) is 17.2. The minimum absolute atomic E-state index is 0.0940. The molecule has 1 aromatic heterocycles. The SMILES string of the molecule is CC1CCN(c2nc3ccc(C(=O)N4CCC5(CC4)OCCO5)cc3s2)CC1. The van der Waals surface area contributed by atoms with Gasteiger partial charge in [-0.15, -0.1) is 0 Å². The quantitative estimate of drug-likeness (QED) is 0.771. The molecule has 4 heterocycles. The van der Waals surface area contributed by atoms with Crippen LogP contribution in [0.5, 0.6) is 0 Å². The first-order chi connectivity index (χ1) is 13.6. The predicted molar refractivity (Wildman–Crippen MR) is 110 cm³/mol. The highest BCUT2D eigenvalue weighted by Crippen LogP contribution is 2.34. The van der Waals surface area contributed by atoms with Crippen LogP contribution in [0.25, 0.3) is 10.2 Å². The van der Waals surface area contributed by atoms with Crippen molar-refractivity contribution >= 4 is 32.6 Å². The lowest BCUT2D eigenvalue weighted by atomic mass is 10.00. The second-order valence-corrected chi connectivity index (χ2v) is 9.26. The number of likely N-dealkylation sites (tertiary alicyclic amines) is 1. The number of nitrogens with zero attached hydrogens (tertiary/aromatic N) is 3. The number of anilines is 1. The van der Waals surface area contributed by atoms with Gasteiger partial charge in [-0.2, -0.15) is 0 Å². The smallest absolute Gasteiger partial charge is 0.253 e. The maximum absolute atomic E-state index is 13.0. The highest BCUT2D eigenvalue weighted by Gasteiger charge is 2.40. The monoisotopic (exact) mass is 401 g/mol. The topological polar surface area (TPSA) is 54.9 Å². The third-order valence-corrected chi connectivity index (χ3v) is 7.38. The fraction of sp³-hybridized carbons (Fsp3) is 0.619. The van der Waals surface area contributed by atoms with Crippen LogP contribution in [-0.2, 0) is 9.47 Å². The number of thiazole rings is 1. The molecular formula is C21H27N3O3S. The molecule has 5 rings (SSSR count). The van der Waals surface area contributed by atoms with Gasteiger partial charge < -0.3 is 19.3 Å². The van der Waals surface area contributed by atoms with E-state index >= 15 is 0 Å². The zero-order chi connectivity index (χ0) is 19.1. The third kappa shape index (κ3) is 3.40. The molecule has 28 heavy (non-hydrogen) atoms. The van der Waals surface area contributed by atoms with E-state index < -0.39 is 5.79 Å². The average Bonchev–Trinajstić information content (AvgIpc) is 3.35. The second kappa shape index (κ2) is 7.28. The van der Waals surface area contributed by atoms with Crippen molar-refractivity contribution in [1.29, 1.82) is 0 Å². The molecule has 1 spiro atoms. The summed E-state index contributed by atoms with van der Waals surface area (Å²) in [7, 11) is 0. The Labute approximate surface area is 169 Å². The van der Waals surface area contributed by atoms with Gasteiger partial charge in [-0.1, -0.05) is 18.3 Å². The van der Waals surface area contributed by atoms with E-state index in [1.807, 2.05) is 23.1 Å².